The fraction of sp³-hybridized carbons (Fsp3) is 0.226. The number of carbonyl (C=O) groups is 2. The van der Waals surface area contributed by atoms with E-state index >= 15 is 0 Å². The lowest BCUT2D eigenvalue weighted by molar-refractivity contribution is -0.121. The molecule has 0 aliphatic carbocycles. The standard InChI is InChI=1S/C31H33N9O2/c1-39(18-14-21-7-4-5-15-35-21)30(42)20-11-12-26-25(19-20)38-29(23-13-17-36-24-9-3-2-8-22(23)24)40(26)27(28(32)41)10-6-16-37-31(33)34/h2-5,7-9,11-13,15,17,19,27H,6,10,14,16,18H2,1H3,(H2,32,41)(H4,33,34,37). The number of carbonyl (C=O) groups excluding carboxylic acids is 2. The molecule has 0 saturated carbocycles. The molecule has 0 saturated heterocycles. The molecule has 42 heavy (non-hydrogen) atoms. The number of aliphatic imine (C=N–C) groups is 1. The summed E-state index contributed by atoms with van der Waals surface area (Å²) in [5, 5.41) is 0.880. The Kier molecular flexibility index (Phi) is 8.37. The Hall–Kier alpha value is -5.32. The van der Waals surface area contributed by atoms with Crippen LogP contribution >= 0.6 is 0 Å². The summed E-state index contributed by atoms with van der Waals surface area (Å²) >= 11 is 0. The quantitative estimate of drug-likeness (QED) is 0.126. The Morgan fingerprint density at radius 3 is 2.52 bits per heavy atom. The lowest BCUT2D eigenvalue weighted by Gasteiger charge is -2.20. The number of benzene rings is 2. The van der Waals surface area contributed by atoms with E-state index in [1.807, 2.05) is 59.2 Å². The van der Waals surface area contributed by atoms with E-state index in [9.17, 15) is 9.59 Å². The highest BCUT2D eigenvalue weighted by Gasteiger charge is 2.26. The van der Waals surface area contributed by atoms with Gasteiger partial charge in [-0.3, -0.25) is 24.5 Å². The van der Waals surface area contributed by atoms with Gasteiger partial charge in [0.1, 0.15) is 11.9 Å². The first-order valence-electron chi connectivity index (χ1n) is 13.7. The molecule has 0 aliphatic heterocycles. The number of amides is 2. The van der Waals surface area contributed by atoms with E-state index in [4.69, 9.17) is 22.2 Å². The molecule has 0 aliphatic rings. The van der Waals surface area contributed by atoms with Crippen molar-refractivity contribution in [3.63, 3.8) is 0 Å². The van der Waals surface area contributed by atoms with Crippen molar-refractivity contribution in [2.45, 2.75) is 25.3 Å². The maximum Gasteiger partial charge on any atom is 0.253 e. The SMILES string of the molecule is CN(CCc1ccccn1)C(=O)c1ccc2c(c1)nc(-c1ccnc3ccccc13)n2C(CCCN=C(N)N)C(N)=O. The zero-order valence-electron chi connectivity index (χ0n) is 23.4. The molecule has 11 heteroatoms. The van der Waals surface area contributed by atoms with Crippen molar-refractivity contribution >= 4 is 39.7 Å². The molecule has 3 aromatic heterocycles. The van der Waals surface area contributed by atoms with Gasteiger partial charge in [0.05, 0.1) is 16.6 Å². The third kappa shape index (κ3) is 6.04. The molecular formula is C31H33N9O2. The second-order valence-corrected chi connectivity index (χ2v) is 10.0. The minimum atomic E-state index is -0.728. The molecule has 11 nitrogen and oxygen atoms in total. The Morgan fingerprint density at radius 2 is 1.76 bits per heavy atom. The summed E-state index contributed by atoms with van der Waals surface area (Å²) in [6.07, 6.45) is 5.01. The van der Waals surface area contributed by atoms with Crippen LogP contribution in [0.3, 0.4) is 0 Å². The van der Waals surface area contributed by atoms with Gasteiger partial charge in [-0.25, -0.2) is 4.98 Å². The first kappa shape index (κ1) is 28.2. The number of pyridine rings is 2. The van der Waals surface area contributed by atoms with Gasteiger partial charge in [-0.15, -0.1) is 0 Å². The van der Waals surface area contributed by atoms with E-state index in [1.54, 1.807) is 36.5 Å². The van der Waals surface area contributed by atoms with Gasteiger partial charge in [0.2, 0.25) is 5.91 Å². The van der Waals surface area contributed by atoms with Crippen LogP contribution in [0, 0.1) is 0 Å². The summed E-state index contributed by atoms with van der Waals surface area (Å²) in [6, 6.07) is 19.9. The van der Waals surface area contributed by atoms with E-state index in [0.29, 0.717) is 54.8 Å². The van der Waals surface area contributed by atoms with Crippen molar-refractivity contribution in [1.82, 2.24) is 24.4 Å². The Morgan fingerprint density at radius 1 is 0.952 bits per heavy atom. The van der Waals surface area contributed by atoms with Crippen molar-refractivity contribution in [2.24, 2.45) is 22.2 Å². The minimum Gasteiger partial charge on any atom is -0.370 e. The predicted molar refractivity (Wildman–Crippen MR) is 164 cm³/mol. The number of nitrogens with two attached hydrogens (primary N) is 3. The van der Waals surface area contributed by atoms with E-state index in [0.717, 1.165) is 22.2 Å². The fourth-order valence-electron chi connectivity index (χ4n) is 5.07. The van der Waals surface area contributed by atoms with Crippen molar-refractivity contribution in [1.29, 1.82) is 0 Å². The largest absolute Gasteiger partial charge is 0.370 e. The number of hydrogen-bond acceptors (Lipinski definition) is 6. The van der Waals surface area contributed by atoms with E-state index in [2.05, 4.69) is 15.0 Å². The molecule has 3 heterocycles. The van der Waals surface area contributed by atoms with Gasteiger partial charge >= 0.3 is 0 Å². The topological polar surface area (TPSA) is 171 Å². The van der Waals surface area contributed by atoms with Gasteiger partial charge < -0.3 is 26.7 Å². The number of nitrogens with zero attached hydrogens (tertiary/aromatic N) is 6. The van der Waals surface area contributed by atoms with E-state index in [1.165, 1.54) is 0 Å². The molecule has 214 valence electrons. The van der Waals surface area contributed by atoms with Gasteiger partial charge in [0.15, 0.2) is 5.96 Å². The smallest absolute Gasteiger partial charge is 0.253 e. The molecule has 1 atom stereocenters. The highest BCUT2D eigenvalue weighted by Crippen LogP contribution is 2.34. The van der Waals surface area contributed by atoms with Crippen LogP contribution in [-0.4, -0.2) is 62.3 Å². The number of guanidine groups is 1. The monoisotopic (exact) mass is 563 g/mol. The molecule has 0 bridgehead atoms. The number of likely N-dealkylation sites (N-methyl/N-ethyl adjacent to an activating group) is 1. The molecule has 2 amide bonds. The van der Waals surface area contributed by atoms with Crippen LogP contribution in [0.5, 0.6) is 0 Å². The molecule has 1 unspecified atom stereocenters. The highest BCUT2D eigenvalue weighted by molar-refractivity contribution is 6.00. The van der Waals surface area contributed by atoms with E-state index in [-0.39, 0.29) is 11.9 Å². The molecule has 0 spiro atoms. The molecular weight excluding hydrogens is 530 g/mol. The molecule has 5 aromatic rings. The number of fused-ring (bicyclic) bond motifs is 2. The zero-order chi connectivity index (χ0) is 29.6. The third-order valence-corrected chi connectivity index (χ3v) is 7.17. The number of para-hydroxylation sites is 1. The maximum atomic E-state index is 13.4. The van der Waals surface area contributed by atoms with Crippen molar-refractivity contribution in [3.8, 4) is 11.4 Å². The molecule has 2 aromatic carbocycles. The summed E-state index contributed by atoms with van der Waals surface area (Å²) in [5.41, 5.74) is 21.2. The number of hydrogen-bond donors (Lipinski definition) is 3. The van der Waals surface area contributed by atoms with Crippen molar-refractivity contribution in [3.05, 3.63) is 90.4 Å². The van der Waals surface area contributed by atoms with Crippen LogP contribution in [0.15, 0.2) is 84.1 Å². The Labute approximate surface area is 243 Å². The van der Waals surface area contributed by atoms with Gasteiger partial charge in [-0.1, -0.05) is 24.3 Å². The summed E-state index contributed by atoms with van der Waals surface area (Å²) < 4.78 is 1.86. The number of primary amides is 1. The van der Waals surface area contributed by atoms with Crippen molar-refractivity contribution in [2.75, 3.05) is 20.1 Å². The fourth-order valence-corrected chi connectivity index (χ4v) is 5.07. The van der Waals surface area contributed by atoms with E-state index < -0.39 is 11.9 Å². The minimum absolute atomic E-state index is 0.00940. The summed E-state index contributed by atoms with van der Waals surface area (Å²) in [7, 11) is 1.77. The summed E-state index contributed by atoms with van der Waals surface area (Å²) in [5.74, 6) is -0.0952. The molecule has 0 radical (unpaired) electrons. The lowest BCUT2D eigenvalue weighted by atomic mass is 10.1. The first-order valence-corrected chi connectivity index (χ1v) is 13.7. The summed E-state index contributed by atoms with van der Waals surface area (Å²) in [4.78, 5) is 45.8. The van der Waals surface area contributed by atoms with Gasteiger partial charge in [-0.2, -0.15) is 0 Å². The van der Waals surface area contributed by atoms with Crippen LogP contribution in [0.2, 0.25) is 0 Å². The highest BCUT2D eigenvalue weighted by atomic mass is 16.2. The maximum absolute atomic E-state index is 13.4. The van der Waals surface area contributed by atoms with Gasteiger partial charge in [-0.05, 0) is 55.3 Å². The van der Waals surface area contributed by atoms with Crippen LogP contribution in [-0.2, 0) is 11.2 Å². The third-order valence-electron chi connectivity index (χ3n) is 7.17. The van der Waals surface area contributed by atoms with Crippen LogP contribution < -0.4 is 17.2 Å². The van der Waals surface area contributed by atoms with Gasteiger partial charge in [0, 0.05) is 61.2 Å². The lowest BCUT2D eigenvalue weighted by Crippen LogP contribution is -2.29. The van der Waals surface area contributed by atoms with Crippen LogP contribution in [0.25, 0.3) is 33.3 Å². The van der Waals surface area contributed by atoms with Gasteiger partial charge in [0.25, 0.3) is 5.91 Å². The average Bonchev–Trinajstić information content (AvgIpc) is 3.37. The number of aromatic nitrogens is 4. The van der Waals surface area contributed by atoms with Crippen molar-refractivity contribution < 1.29 is 9.59 Å². The second-order valence-electron chi connectivity index (χ2n) is 10.0. The van der Waals surface area contributed by atoms with Crippen LogP contribution in [0.4, 0.5) is 0 Å². The summed E-state index contributed by atoms with van der Waals surface area (Å²) in [6.45, 7) is 0.867. The molecule has 0 fully saturated rings. The second kappa shape index (κ2) is 12.5. The number of rotatable bonds is 11. The predicted octanol–water partition coefficient (Wildman–Crippen LogP) is 3.04. The Balaban J connectivity index is 1.55. The van der Waals surface area contributed by atoms with Crippen LogP contribution in [0.1, 0.15) is 34.9 Å². The molecule has 5 rings (SSSR count). The number of imidazole rings is 1. The average molecular weight is 564 g/mol. The Bertz CT molecular complexity index is 1760. The molecule has 6 N–H and O–H groups in total. The first-order chi connectivity index (χ1) is 20.3. The normalized spacial score (nSPS) is 11.8. The zero-order valence-corrected chi connectivity index (χ0v) is 23.4.